The maximum absolute atomic E-state index is 13.4. The Balaban J connectivity index is 2.68. The molecule has 0 fully saturated rings. The Bertz CT molecular complexity index is 732. The first-order valence-electron chi connectivity index (χ1n) is 6.16. The minimum absolute atomic E-state index is 0.321. The quantitative estimate of drug-likeness (QED) is 0.476. The van der Waals surface area contributed by atoms with Gasteiger partial charge in [0.2, 0.25) is 0 Å². The average Bonchev–Trinajstić information content (AvgIpc) is 2.46. The third-order valence-electron chi connectivity index (χ3n) is 3.21. The van der Waals surface area contributed by atoms with Crippen molar-refractivity contribution < 1.29 is 13.9 Å². The van der Waals surface area contributed by atoms with Crippen LogP contribution in [0.3, 0.4) is 0 Å². The van der Waals surface area contributed by atoms with Gasteiger partial charge in [0.1, 0.15) is 5.82 Å². The fourth-order valence-electron chi connectivity index (χ4n) is 2.06. The lowest BCUT2D eigenvalue weighted by atomic mass is 9.99. The van der Waals surface area contributed by atoms with Gasteiger partial charge in [0.05, 0.1) is 30.3 Å². The molecule has 0 aliphatic rings. The Morgan fingerprint density at radius 3 is 2.57 bits per heavy atom. The number of aryl methyl sites for hydroxylation is 2. The molecule has 1 heterocycles. The molecule has 0 aliphatic heterocycles. The number of nitrogens with zero attached hydrogens (tertiary/aromatic N) is 1. The summed E-state index contributed by atoms with van der Waals surface area (Å²) in [5.74, 6) is -0.839. The molecule has 21 heavy (non-hydrogen) atoms. The van der Waals surface area contributed by atoms with Gasteiger partial charge in [-0.1, -0.05) is 0 Å². The predicted octanol–water partition coefficient (Wildman–Crippen LogP) is 3.48. The zero-order valence-electron chi connectivity index (χ0n) is 11.8. The number of carbonyl (C=O) groups excluding carboxylic acids is 1. The van der Waals surface area contributed by atoms with Crippen LogP contribution >= 0.6 is 22.6 Å². The molecule has 4 nitrogen and oxygen atoms in total. The maximum atomic E-state index is 13.4. The molecule has 2 aromatic rings. The average molecular weight is 400 g/mol. The van der Waals surface area contributed by atoms with E-state index in [0.29, 0.717) is 26.1 Å². The summed E-state index contributed by atoms with van der Waals surface area (Å²) < 4.78 is 18.8. The summed E-state index contributed by atoms with van der Waals surface area (Å²) in [6.45, 7) is 3.53. The Kier molecular flexibility index (Phi) is 4.46. The van der Waals surface area contributed by atoms with E-state index in [1.807, 2.05) is 6.92 Å². The van der Waals surface area contributed by atoms with Gasteiger partial charge in [0.25, 0.3) is 0 Å². The van der Waals surface area contributed by atoms with Crippen molar-refractivity contribution in [3.63, 3.8) is 0 Å². The zero-order valence-corrected chi connectivity index (χ0v) is 14.0. The number of hydrogen-bond acceptors (Lipinski definition) is 4. The number of anilines is 1. The van der Waals surface area contributed by atoms with Crippen LogP contribution in [0, 0.1) is 23.2 Å². The molecule has 0 saturated carbocycles. The number of halogens is 2. The number of nitrogens with two attached hydrogens (primary N) is 1. The highest BCUT2D eigenvalue weighted by Gasteiger charge is 2.19. The fourth-order valence-corrected chi connectivity index (χ4v) is 3.05. The predicted molar refractivity (Wildman–Crippen MR) is 87.6 cm³/mol. The summed E-state index contributed by atoms with van der Waals surface area (Å²) in [7, 11) is 1.31. The lowest BCUT2D eigenvalue weighted by molar-refractivity contribution is 0.0602. The van der Waals surface area contributed by atoms with Crippen molar-refractivity contribution in [2.45, 2.75) is 13.8 Å². The standard InChI is InChI=1S/C15H14FIN2O2/c1-7-5-11(19-6-10(7)16)12-8(2)4-9(15(20)21-3)14(18)13(12)17/h4-6H,18H2,1-3H3. The third kappa shape index (κ3) is 2.85. The molecule has 0 aliphatic carbocycles. The van der Waals surface area contributed by atoms with Crippen LogP contribution in [0.5, 0.6) is 0 Å². The van der Waals surface area contributed by atoms with E-state index >= 15 is 0 Å². The number of pyridine rings is 1. The second-order valence-corrected chi connectivity index (χ2v) is 5.73. The first kappa shape index (κ1) is 15.7. The van der Waals surface area contributed by atoms with Gasteiger partial charge in [-0.15, -0.1) is 0 Å². The van der Waals surface area contributed by atoms with E-state index in [1.54, 1.807) is 19.1 Å². The molecule has 0 bridgehead atoms. The molecule has 2 rings (SSSR count). The lowest BCUT2D eigenvalue weighted by Crippen LogP contribution is -2.09. The molecule has 0 saturated heterocycles. The van der Waals surface area contributed by atoms with E-state index < -0.39 is 5.97 Å². The Morgan fingerprint density at radius 2 is 2.00 bits per heavy atom. The second kappa shape index (κ2) is 5.97. The van der Waals surface area contributed by atoms with Crippen LogP contribution in [0.2, 0.25) is 0 Å². The molecule has 0 spiro atoms. The number of hydrogen-bond donors (Lipinski definition) is 1. The number of esters is 1. The number of benzene rings is 1. The highest BCUT2D eigenvalue weighted by molar-refractivity contribution is 14.1. The van der Waals surface area contributed by atoms with Gasteiger partial charge >= 0.3 is 5.97 Å². The molecule has 6 heteroatoms. The molecule has 0 radical (unpaired) electrons. The number of aromatic nitrogens is 1. The fraction of sp³-hybridized carbons (Fsp3) is 0.200. The highest BCUT2D eigenvalue weighted by Crippen LogP contribution is 2.34. The molecule has 1 aromatic heterocycles. The van der Waals surface area contributed by atoms with E-state index in [9.17, 15) is 9.18 Å². The zero-order chi connectivity index (χ0) is 15.7. The summed E-state index contributed by atoms with van der Waals surface area (Å²) in [6.07, 6.45) is 1.19. The van der Waals surface area contributed by atoms with E-state index in [-0.39, 0.29) is 5.82 Å². The minimum Gasteiger partial charge on any atom is -0.465 e. The van der Waals surface area contributed by atoms with Crippen LogP contribution in [0.25, 0.3) is 11.3 Å². The van der Waals surface area contributed by atoms with E-state index in [0.717, 1.165) is 11.1 Å². The van der Waals surface area contributed by atoms with Crippen LogP contribution < -0.4 is 5.73 Å². The number of carbonyl (C=O) groups is 1. The molecule has 2 N–H and O–H groups in total. The highest BCUT2D eigenvalue weighted by atomic mass is 127. The lowest BCUT2D eigenvalue weighted by Gasteiger charge is -2.14. The first-order chi connectivity index (χ1) is 9.86. The molecule has 0 atom stereocenters. The second-order valence-electron chi connectivity index (χ2n) is 4.65. The van der Waals surface area contributed by atoms with Gasteiger partial charge in [0.15, 0.2) is 0 Å². The Labute approximate surface area is 135 Å². The molecule has 0 amide bonds. The van der Waals surface area contributed by atoms with Gasteiger partial charge in [0, 0.05) is 9.13 Å². The van der Waals surface area contributed by atoms with Gasteiger partial charge in [-0.3, -0.25) is 4.98 Å². The maximum Gasteiger partial charge on any atom is 0.340 e. The number of methoxy groups -OCH3 is 1. The summed E-state index contributed by atoms with van der Waals surface area (Å²) in [5.41, 5.74) is 9.44. The molecular weight excluding hydrogens is 386 g/mol. The summed E-state index contributed by atoms with van der Waals surface area (Å²) in [4.78, 5) is 15.8. The molecule has 1 aromatic carbocycles. The molecule has 0 unspecified atom stereocenters. The topological polar surface area (TPSA) is 65.2 Å². The summed E-state index contributed by atoms with van der Waals surface area (Å²) in [5, 5.41) is 0. The van der Waals surface area contributed by atoms with Crippen LogP contribution in [0.1, 0.15) is 21.5 Å². The van der Waals surface area contributed by atoms with Crippen molar-refractivity contribution in [3.8, 4) is 11.3 Å². The van der Waals surface area contributed by atoms with Crippen LogP contribution in [0.4, 0.5) is 10.1 Å². The monoisotopic (exact) mass is 400 g/mol. The van der Waals surface area contributed by atoms with Crippen LogP contribution in [-0.4, -0.2) is 18.1 Å². The smallest absolute Gasteiger partial charge is 0.340 e. The van der Waals surface area contributed by atoms with E-state index in [1.165, 1.54) is 13.3 Å². The van der Waals surface area contributed by atoms with Gasteiger partial charge in [-0.05, 0) is 59.7 Å². The van der Waals surface area contributed by atoms with Crippen molar-refractivity contribution >= 4 is 34.2 Å². The van der Waals surface area contributed by atoms with Crippen molar-refractivity contribution in [3.05, 3.63) is 44.4 Å². The van der Waals surface area contributed by atoms with Gasteiger partial charge in [-0.25, -0.2) is 9.18 Å². The van der Waals surface area contributed by atoms with Gasteiger partial charge in [-0.2, -0.15) is 0 Å². The van der Waals surface area contributed by atoms with Crippen molar-refractivity contribution in [1.82, 2.24) is 4.98 Å². The Morgan fingerprint density at radius 1 is 1.33 bits per heavy atom. The van der Waals surface area contributed by atoms with Crippen LogP contribution in [0.15, 0.2) is 18.3 Å². The van der Waals surface area contributed by atoms with Crippen molar-refractivity contribution in [1.29, 1.82) is 0 Å². The molecular formula is C15H14FIN2O2. The normalized spacial score (nSPS) is 10.5. The van der Waals surface area contributed by atoms with E-state index in [4.69, 9.17) is 10.5 Å². The van der Waals surface area contributed by atoms with Crippen molar-refractivity contribution in [2.24, 2.45) is 0 Å². The largest absolute Gasteiger partial charge is 0.465 e. The number of rotatable bonds is 2. The summed E-state index contributed by atoms with van der Waals surface area (Å²) in [6, 6.07) is 3.33. The first-order valence-corrected chi connectivity index (χ1v) is 7.24. The van der Waals surface area contributed by atoms with Crippen molar-refractivity contribution in [2.75, 3.05) is 12.8 Å². The minimum atomic E-state index is -0.483. The summed E-state index contributed by atoms with van der Waals surface area (Å²) >= 11 is 2.06. The SMILES string of the molecule is COC(=O)c1cc(C)c(-c2cc(C)c(F)cn2)c(I)c1N. The van der Waals surface area contributed by atoms with Crippen LogP contribution in [-0.2, 0) is 4.74 Å². The Hall–Kier alpha value is -1.70. The molecule has 110 valence electrons. The number of ether oxygens (including phenoxy) is 1. The third-order valence-corrected chi connectivity index (χ3v) is 4.33. The van der Waals surface area contributed by atoms with E-state index in [2.05, 4.69) is 27.6 Å². The van der Waals surface area contributed by atoms with Gasteiger partial charge < -0.3 is 10.5 Å². The number of nitrogen functional groups attached to an aromatic ring is 1.